The van der Waals surface area contributed by atoms with E-state index in [-0.39, 0.29) is 0 Å². The molecule has 0 aliphatic heterocycles. The average Bonchev–Trinajstić information content (AvgIpc) is 2.81. The fourth-order valence-electron chi connectivity index (χ4n) is 2.68. The number of hydrogen-bond donors (Lipinski definition) is 0. The van der Waals surface area contributed by atoms with Crippen LogP contribution in [0.3, 0.4) is 0 Å². The van der Waals surface area contributed by atoms with E-state index in [4.69, 9.17) is 4.74 Å². The fraction of sp³-hybridized carbons (Fsp3) is 0. The molecule has 0 unspecified atom stereocenters. The van der Waals surface area contributed by atoms with Crippen LogP contribution in [0.5, 0.6) is 5.75 Å². The molecule has 0 saturated carbocycles. The Hall–Kier alpha value is -3.91. The quantitative estimate of drug-likeness (QED) is 0.225. The maximum absolute atomic E-state index is 11.8. The minimum atomic E-state index is -0.428. The molecule has 0 saturated heterocycles. The Labute approximate surface area is 171 Å². The molecule has 29 heavy (non-hydrogen) atoms. The number of hydrogen-bond acceptors (Lipinski definition) is 2. The Morgan fingerprint density at radius 3 is 1.38 bits per heavy atom. The zero-order valence-electron chi connectivity index (χ0n) is 16.1. The molecule has 0 heterocycles. The van der Waals surface area contributed by atoms with Gasteiger partial charge in [-0.1, -0.05) is 116 Å². The molecule has 2 nitrogen and oxygen atoms in total. The summed E-state index contributed by atoms with van der Waals surface area (Å²) in [5.41, 5.74) is 3.68. The Bertz CT molecular complexity index is 987. The molecule has 2 heteroatoms. The molecule has 4 aromatic rings. The van der Waals surface area contributed by atoms with Gasteiger partial charge >= 0.3 is 5.97 Å². The number of para-hydroxylation sites is 1. The normalized spacial score (nSPS) is 9.66. The van der Waals surface area contributed by atoms with Crippen LogP contribution in [0.4, 0.5) is 0 Å². The van der Waals surface area contributed by atoms with E-state index in [1.54, 1.807) is 12.1 Å². The van der Waals surface area contributed by atoms with E-state index in [9.17, 15) is 4.79 Å². The zero-order chi connectivity index (χ0) is 20.3. The van der Waals surface area contributed by atoms with Gasteiger partial charge in [0.05, 0.1) is 5.57 Å². The molecule has 142 valence electrons. The number of carbonyl (C=O) groups is 1. The van der Waals surface area contributed by atoms with Gasteiger partial charge in [-0.05, 0) is 28.8 Å². The van der Waals surface area contributed by atoms with Gasteiger partial charge in [-0.15, -0.1) is 0 Å². The molecule has 0 amide bonds. The summed E-state index contributed by atoms with van der Waals surface area (Å²) in [6.07, 6.45) is 0. The predicted molar refractivity (Wildman–Crippen MR) is 119 cm³/mol. The van der Waals surface area contributed by atoms with E-state index in [1.165, 1.54) is 11.1 Å². The van der Waals surface area contributed by atoms with Crippen LogP contribution < -0.4 is 4.74 Å². The van der Waals surface area contributed by atoms with Gasteiger partial charge in [-0.3, -0.25) is 0 Å². The van der Waals surface area contributed by atoms with Gasteiger partial charge in [0, 0.05) is 0 Å². The summed E-state index contributed by atoms with van der Waals surface area (Å²) in [4.78, 5) is 11.8. The third kappa shape index (κ3) is 6.05. The highest BCUT2D eigenvalue weighted by Gasteiger charge is 2.11. The van der Waals surface area contributed by atoms with Crippen LogP contribution in [0.15, 0.2) is 128 Å². The predicted octanol–water partition coefficient (Wildman–Crippen LogP) is 6.66. The van der Waals surface area contributed by atoms with E-state index in [0.717, 1.165) is 5.56 Å². The van der Waals surface area contributed by atoms with Crippen LogP contribution in [0.1, 0.15) is 5.56 Å². The smallest absolute Gasteiger partial charge is 0.343 e. The molecule has 0 bridgehead atoms. The van der Waals surface area contributed by atoms with Crippen molar-refractivity contribution in [3.63, 3.8) is 0 Å². The van der Waals surface area contributed by atoms with Crippen LogP contribution >= 0.6 is 0 Å². The molecule has 0 aliphatic carbocycles. The standard InChI is InChI=1S/C15H12O2.C12H10/c1-12(13-8-4-2-5-9-13)15(16)17-14-10-6-3-7-11-14;1-3-7-11(8-4-1)12-9-5-2-6-10-12/h2-11H,1H2;1-10H. The van der Waals surface area contributed by atoms with Gasteiger partial charge in [0.25, 0.3) is 0 Å². The molecule has 0 atom stereocenters. The summed E-state index contributed by atoms with van der Waals surface area (Å²) in [5.74, 6) is 0.0944. The first-order chi connectivity index (χ1) is 14.2. The Morgan fingerprint density at radius 2 is 0.931 bits per heavy atom. The highest BCUT2D eigenvalue weighted by Crippen LogP contribution is 2.17. The highest BCUT2D eigenvalue weighted by molar-refractivity contribution is 6.16. The maximum Gasteiger partial charge on any atom is 0.343 e. The zero-order valence-corrected chi connectivity index (χ0v) is 16.1. The second-order valence-electron chi connectivity index (χ2n) is 6.28. The average molecular weight is 378 g/mol. The van der Waals surface area contributed by atoms with E-state index in [1.807, 2.05) is 60.7 Å². The first kappa shape index (κ1) is 19.8. The number of rotatable bonds is 4. The van der Waals surface area contributed by atoms with Crippen LogP contribution in [0.25, 0.3) is 16.7 Å². The molecular formula is C27H22O2. The number of esters is 1. The van der Waals surface area contributed by atoms with Crippen LogP contribution in [-0.2, 0) is 4.79 Å². The summed E-state index contributed by atoms with van der Waals surface area (Å²) in [7, 11) is 0. The number of ether oxygens (including phenoxy) is 1. The van der Waals surface area contributed by atoms with E-state index in [0.29, 0.717) is 11.3 Å². The van der Waals surface area contributed by atoms with Gasteiger partial charge in [0.1, 0.15) is 5.75 Å². The maximum atomic E-state index is 11.8. The minimum absolute atomic E-state index is 0.356. The van der Waals surface area contributed by atoms with Crippen LogP contribution in [-0.4, -0.2) is 5.97 Å². The monoisotopic (exact) mass is 378 g/mol. The second-order valence-corrected chi connectivity index (χ2v) is 6.28. The van der Waals surface area contributed by atoms with Crippen molar-refractivity contribution >= 4 is 11.5 Å². The van der Waals surface area contributed by atoms with Crippen molar-refractivity contribution in [3.05, 3.63) is 133 Å². The lowest BCUT2D eigenvalue weighted by Crippen LogP contribution is -2.09. The first-order valence-corrected chi connectivity index (χ1v) is 9.36. The number of carbonyl (C=O) groups excluding carboxylic acids is 1. The molecule has 0 spiro atoms. The lowest BCUT2D eigenvalue weighted by Gasteiger charge is -2.06. The molecule has 0 aromatic heterocycles. The van der Waals surface area contributed by atoms with Gasteiger partial charge in [0.15, 0.2) is 0 Å². The molecule has 4 aromatic carbocycles. The molecule has 0 fully saturated rings. The summed E-state index contributed by atoms with van der Waals surface area (Å²) < 4.78 is 5.19. The Balaban J connectivity index is 0.000000176. The van der Waals surface area contributed by atoms with E-state index < -0.39 is 5.97 Å². The van der Waals surface area contributed by atoms with Gasteiger partial charge in [-0.2, -0.15) is 0 Å². The summed E-state index contributed by atoms with van der Waals surface area (Å²) in [5, 5.41) is 0. The summed E-state index contributed by atoms with van der Waals surface area (Å²) >= 11 is 0. The summed E-state index contributed by atoms with van der Waals surface area (Å²) in [6, 6.07) is 39.0. The largest absolute Gasteiger partial charge is 0.423 e. The van der Waals surface area contributed by atoms with E-state index in [2.05, 4.69) is 55.1 Å². The van der Waals surface area contributed by atoms with Crippen molar-refractivity contribution in [2.45, 2.75) is 0 Å². The van der Waals surface area contributed by atoms with Crippen molar-refractivity contribution in [3.8, 4) is 16.9 Å². The van der Waals surface area contributed by atoms with Crippen molar-refractivity contribution in [1.82, 2.24) is 0 Å². The van der Waals surface area contributed by atoms with Crippen LogP contribution in [0.2, 0.25) is 0 Å². The lowest BCUT2D eigenvalue weighted by molar-refractivity contribution is -0.127. The first-order valence-electron chi connectivity index (χ1n) is 9.36. The van der Waals surface area contributed by atoms with Crippen LogP contribution in [0, 0.1) is 0 Å². The lowest BCUT2D eigenvalue weighted by atomic mass is 10.1. The van der Waals surface area contributed by atoms with Crippen molar-refractivity contribution in [2.24, 2.45) is 0 Å². The molecule has 4 rings (SSSR count). The molecule has 0 radical (unpaired) electrons. The molecule has 0 N–H and O–H groups in total. The topological polar surface area (TPSA) is 26.3 Å². The molecular weight excluding hydrogens is 356 g/mol. The fourth-order valence-corrected chi connectivity index (χ4v) is 2.68. The van der Waals surface area contributed by atoms with Gasteiger partial charge in [0.2, 0.25) is 0 Å². The third-order valence-electron chi connectivity index (χ3n) is 4.20. The third-order valence-corrected chi connectivity index (χ3v) is 4.20. The minimum Gasteiger partial charge on any atom is -0.423 e. The Morgan fingerprint density at radius 1 is 0.552 bits per heavy atom. The van der Waals surface area contributed by atoms with Crippen molar-refractivity contribution in [1.29, 1.82) is 0 Å². The second kappa shape index (κ2) is 10.4. The molecule has 0 aliphatic rings. The van der Waals surface area contributed by atoms with Gasteiger partial charge in [-0.25, -0.2) is 4.79 Å². The van der Waals surface area contributed by atoms with E-state index >= 15 is 0 Å². The van der Waals surface area contributed by atoms with Gasteiger partial charge < -0.3 is 4.74 Å². The number of benzene rings is 4. The SMILES string of the molecule is C=C(C(=O)Oc1ccccc1)c1ccccc1.c1ccc(-c2ccccc2)cc1. The van der Waals surface area contributed by atoms with Crippen molar-refractivity contribution < 1.29 is 9.53 Å². The summed E-state index contributed by atoms with van der Waals surface area (Å²) in [6.45, 7) is 3.75. The highest BCUT2D eigenvalue weighted by atomic mass is 16.5. The Kier molecular flexibility index (Phi) is 7.14. The van der Waals surface area contributed by atoms with Crippen molar-refractivity contribution in [2.75, 3.05) is 0 Å².